The van der Waals surface area contributed by atoms with Gasteiger partial charge in [-0.2, -0.15) is 0 Å². The molecule has 2 aromatic carbocycles. The molecule has 1 unspecified atom stereocenters. The van der Waals surface area contributed by atoms with Gasteiger partial charge in [0.15, 0.2) is 0 Å². The number of fused-ring (bicyclic) bond motifs is 3. The van der Waals surface area contributed by atoms with Crippen LogP contribution in [0.1, 0.15) is 81.4 Å². The number of methoxy groups -OCH3 is 3. The molecule has 0 aliphatic heterocycles. The lowest BCUT2D eigenvalue weighted by Gasteiger charge is -2.37. The van der Waals surface area contributed by atoms with Gasteiger partial charge in [-0.15, -0.1) is 6.58 Å². The molecule has 0 bridgehead atoms. The second-order valence-electron chi connectivity index (χ2n) is 8.44. The molecule has 3 rings (SSSR count). The summed E-state index contributed by atoms with van der Waals surface area (Å²) in [6, 6.07) is 15.3. The van der Waals surface area contributed by atoms with Gasteiger partial charge < -0.3 is 14.2 Å². The van der Waals surface area contributed by atoms with Crippen LogP contribution >= 0.6 is 0 Å². The maximum Gasteiger partial charge on any atom is 0.289 e. The molecule has 1 aliphatic rings. The van der Waals surface area contributed by atoms with Gasteiger partial charge >= 0.3 is 0 Å². The summed E-state index contributed by atoms with van der Waals surface area (Å²) in [7, 11) is 5.04. The second kappa shape index (κ2) is 13.6. The molecule has 0 fully saturated rings. The monoisotopic (exact) mass is 438 g/mol. The number of benzene rings is 2. The van der Waals surface area contributed by atoms with E-state index in [0.29, 0.717) is 0 Å². The van der Waals surface area contributed by atoms with E-state index in [1.165, 1.54) is 59.9 Å². The standard InChI is InChI=1S/C26H36O3.C3H6/c1-5-6-7-8-9-10-18-25(26(27-2,28-3)29-4)23-17-13-16-22-21-15-12-11-14-20(21)19-24(22)23;1-3-2/h11-17,25H,5-10,18-19H2,1-4H3;3H,1H2,2H3. The van der Waals surface area contributed by atoms with Gasteiger partial charge in [-0.25, -0.2) is 0 Å². The quantitative estimate of drug-likeness (QED) is 0.163. The number of rotatable bonds is 12. The molecule has 0 N–H and O–H groups in total. The summed E-state index contributed by atoms with van der Waals surface area (Å²) < 4.78 is 17.5. The first-order valence-electron chi connectivity index (χ1n) is 12.0. The van der Waals surface area contributed by atoms with Crippen LogP contribution in [0.2, 0.25) is 0 Å². The van der Waals surface area contributed by atoms with Gasteiger partial charge in [0.1, 0.15) is 0 Å². The normalized spacial score (nSPS) is 13.0. The summed E-state index contributed by atoms with van der Waals surface area (Å²) in [5.74, 6) is -1.04. The summed E-state index contributed by atoms with van der Waals surface area (Å²) in [6.45, 7) is 7.51. The zero-order valence-corrected chi connectivity index (χ0v) is 20.8. The average Bonchev–Trinajstić information content (AvgIpc) is 3.21. The third kappa shape index (κ3) is 6.10. The number of unbranched alkanes of at least 4 members (excludes halogenated alkanes) is 5. The number of hydrogen-bond donors (Lipinski definition) is 0. The zero-order chi connectivity index (χ0) is 23.4. The van der Waals surface area contributed by atoms with Crippen molar-refractivity contribution < 1.29 is 14.2 Å². The Hall–Kier alpha value is -1.94. The van der Waals surface area contributed by atoms with Gasteiger partial charge in [0.25, 0.3) is 5.97 Å². The van der Waals surface area contributed by atoms with Crippen molar-refractivity contribution in [2.75, 3.05) is 21.3 Å². The highest BCUT2D eigenvalue weighted by Gasteiger charge is 2.42. The van der Waals surface area contributed by atoms with Crippen molar-refractivity contribution in [1.82, 2.24) is 0 Å². The topological polar surface area (TPSA) is 27.7 Å². The lowest BCUT2D eigenvalue weighted by molar-refractivity contribution is -0.365. The second-order valence-corrected chi connectivity index (χ2v) is 8.44. The lowest BCUT2D eigenvalue weighted by atomic mass is 9.85. The van der Waals surface area contributed by atoms with E-state index in [0.717, 1.165) is 19.3 Å². The van der Waals surface area contributed by atoms with Crippen LogP contribution in [0.5, 0.6) is 0 Å². The minimum Gasteiger partial charge on any atom is -0.330 e. The number of hydrogen-bond acceptors (Lipinski definition) is 3. The van der Waals surface area contributed by atoms with Gasteiger partial charge in [-0.1, -0.05) is 94.0 Å². The van der Waals surface area contributed by atoms with Crippen LogP contribution in [0.3, 0.4) is 0 Å². The molecule has 32 heavy (non-hydrogen) atoms. The molecule has 0 heterocycles. The third-order valence-corrected chi connectivity index (χ3v) is 6.39. The minimum atomic E-state index is -1.06. The van der Waals surface area contributed by atoms with Crippen molar-refractivity contribution in [3.63, 3.8) is 0 Å². The fourth-order valence-corrected chi connectivity index (χ4v) is 4.84. The Morgan fingerprint density at radius 3 is 2.12 bits per heavy atom. The van der Waals surface area contributed by atoms with Gasteiger partial charge in [0.2, 0.25) is 0 Å². The lowest BCUT2D eigenvalue weighted by Crippen LogP contribution is -2.43. The van der Waals surface area contributed by atoms with Crippen molar-refractivity contribution in [3.8, 4) is 11.1 Å². The molecular weight excluding hydrogens is 396 g/mol. The average molecular weight is 439 g/mol. The Balaban J connectivity index is 0.00000114. The molecule has 0 amide bonds. The predicted octanol–water partition coefficient (Wildman–Crippen LogP) is 7.88. The van der Waals surface area contributed by atoms with E-state index < -0.39 is 5.97 Å². The summed E-state index contributed by atoms with van der Waals surface area (Å²) in [4.78, 5) is 0. The van der Waals surface area contributed by atoms with Gasteiger partial charge in [0.05, 0.1) is 5.92 Å². The molecule has 0 spiro atoms. The van der Waals surface area contributed by atoms with Crippen molar-refractivity contribution in [3.05, 3.63) is 71.8 Å². The van der Waals surface area contributed by atoms with E-state index in [1.54, 1.807) is 27.4 Å². The first-order chi connectivity index (χ1) is 15.6. The Morgan fingerprint density at radius 1 is 0.875 bits per heavy atom. The predicted molar refractivity (Wildman–Crippen MR) is 135 cm³/mol. The molecule has 0 saturated heterocycles. The smallest absolute Gasteiger partial charge is 0.289 e. The maximum atomic E-state index is 5.84. The molecule has 3 nitrogen and oxygen atoms in total. The SMILES string of the molecule is C=CC.CCCCCCCCC(c1cccc2c1Cc1ccccc1-2)C(OC)(OC)OC. The van der Waals surface area contributed by atoms with Crippen molar-refractivity contribution in [2.45, 2.75) is 77.1 Å². The molecule has 1 aliphatic carbocycles. The van der Waals surface area contributed by atoms with Crippen molar-refractivity contribution in [1.29, 1.82) is 0 Å². The van der Waals surface area contributed by atoms with E-state index in [-0.39, 0.29) is 5.92 Å². The van der Waals surface area contributed by atoms with Crippen molar-refractivity contribution in [2.24, 2.45) is 0 Å². The highest BCUT2D eigenvalue weighted by Crippen LogP contribution is 2.45. The van der Waals surface area contributed by atoms with Crippen molar-refractivity contribution >= 4 is 0 Å². The zero-order valence-electron chi connectivity index (χ0n) is 20.8. The summed E-state index contributed by atoms with van der Waals surface area (Å²) in [5, 5.41) is 0. The van der Waals surface area contributed by atoms with Gasteiger partial charge in [-0.3, -0.25) is 0 Å². The van der Waals surface area contributed by atoms with Gasteiger partial charge in [-0.05, 0) is 47.6 Å². The fourth-order valence-electron chi connectivity index (χ4n) is 4.84. The molecule has 0 radical (unpaired) electrons. The van der Waals surface area contributed by atoms with Crippen LogP contribution in [0.15, 0.2) is 55.1 Å². The van der Waals surface area contributed by atoms with E-state index in [1.807, 2.05) is 6.92 Å². The third-order valence-electron chi connectivity index (χ3n) is 6.39. The molecule has 0 aromatic heterocycles. The van der Waals surface area contributed by atoms with Gasteiger partial charge in [0, 0.05) is 21.3 Å². The van der Waals surface area contributed by atoms with Crippen LogP contribution in [0.25, 0.3) is 11.1 Å². The van der Waals surface area contributed by atoms with Crippen LogP contribution < -0.4 is 0 Å². The van der Waals surface area contributed by atoms with Crippen LogP contribution in [0.4, 0.5) is 0 Å². The van der Waals surface area contributed by atoms with E-state index in [2.05, 4.69) is 56.0 Å². The largest absolute Gasteiger partial charge is 0.330 e. The van der Waals surface area contributed by atoms with E-state index in [9.17, 15) is 0 Å². The number of allylic oxidation sites excluding steroid dienone is 1. The highest BCUT2D eigenvalue weighted by atomic mass is 16.9. The molecule has 1 atom stereocenters. The first kappa shape index (κ1) is 26.3. The first-order valence-corrected chi connectivity index (χ1v) is 12.0. The van der Waals surface area contributed by atoms with Crippen LogP contribution in [0, 0.1) is 0 Å². The summed E-state index contributed by atoms with van der Waals surface area (Å²) in [6.07, 6.45) is 11.3. The summed E-state index contributed by atoms with van der Waals surface area (Å²) >= 11 is 0. The van der Waals surface area contributed by atoms with Crippen LogP contribution in [-0.2, 0) is 20.6 Å². The Kier molecular flexibility index (Phi) is 11.2. The molecule has 176 valence electrons. The number of ether oxygens (including phenoxy) is 3. The Labute approximate surface area is 195 Å². The molecular formula is C29H42O3. The maximum absolute atomic E-state index is 5.84. The van der Waals surface area contributed by atoms with Crippen LogP contribution in [-0.4, -0.2) is 27.3 Å². The molecule has 0 saturated carbocycles. The fraction of sp³-hybridized carbons (Fsp3) is 0.517. The Bertz CT molecular complexity index is 815. The van der Waals surface area contributed by atoms with E-state index >= 15 is 0 Å². The van der Waals surface area contributed by atoms with E-state index in [4.69, 9.17) is 14.2 Å². The summed E-state index contributed by atoms with van der Waals surface area (Å²) in [5.41, 5.74) is 6.76. The minimum absolute atomic E-state index is 0.0259. The highest BCUT2D eigenvalue weighted by molar-refractivity contribution is 5.78. The Morgan fingerprint density at radius 2 is 1.47 bits per heavy atom. The molecule has 2 aromatic rings. The molecule has 3 heteroatoms.